The number of esters is 1. The molecule has 0 amide bonds. The predicted octanol–water partition coefficient (Wildman–Crippen LogP) is 3.23. The molecule has 1 aromatic rings. The minimum Gasteiger partial charge on any atom is -0.456 e. The highest BCUT2D eigenvalue weighted by Gasteiger charge is 2.26. The summed E-state index contributed by atoms with van der Waals surface area (Å²) in [5.74, 6) is -0.650. The van der Waals surface area contributed by atoms with E-state index < -0.39 is 23.1 Å². The summed E-state index contributed by atoms with van der Waals surface area (Å²) in [6.45, 7) is 9.28. The van der Waals surface area contributed by atoms with Crippen molar-refractivity contribution < 1.29 is 24.3 Å². The lowest BCUT2D eigenvalue weighted by molar-refractivity contribution is -0.385. The van der Waals surface area contributed by atoms with Crippen molar-refractivity contribution >= 4 is 11.7 Å². The zero-order valence-corrected chi connectivity index (χ0v) is 14.8. The molecule has 0 saturated carbocycles. The van der Waals surface area contributed by atoms with E-state index in [1.54, 1.807) is 13.8 Å². The lowest BCUT2D eigenvalue weighted by atomic mass is 10.0. The molecule has 0 aliphatic rings. The highest BCUT2D eigenvalue weighted by atomic mass is 16.6. The molecular weight excluding hydrogens is 314 g/mol. The largest absolute Gasteiger partial charge is 0.456 e. The van der Waals surface area contributed by atoms with Crippen molar-refractivity contribution in [2.24, 2.45) is 0 Å². The Bertz CT molecular complexity index is 604. The van der Waals surface area contributed by atoms with Crippen molar-refractivity contribution in [3.63, 3.8) is 0 Å². The Balaban J connectivity index is 2.79. The van der Waals surface area contributed by atoms with Crippen molar-refractivity contribution in [1.82, 2.24) is 0 Å². The van der Waals surface area contributed by atoms with Crippen LogP contribution in [0.4, 0.5) is 5.69 Å². The van der Waals surface area contributed by atoms with Gasteiger partial charge >= 0.3 is 5.97 Å². The molecule has 0 fully saturated rings. The fourth-order valence-electron chi connectivity index (χ4n) is 1.96. The molecule has 0 atom stereocenters. The second kappa shape index (κ2) is 7.72. The van der Waals surface area contributed by atoms with E-state index >= 15 is 0 Å². The monoisotopic (exact) mass is 339 g/mol. The Kier molecular flexibility index (Phi) is 6.45. The Morgan fingerprint density at radius 2 is 1.88 bits per heavy atom. The SMILES string of the molecule is CC(C)(C)OCCC(C)(C)OC(=O)c1ccc(CO)c([N+](=O)[O-])c1. The molecule has 0 bridgehead atoms. The molecule has 1 rings (SSSR count). The number of carbonyl (C=O) groups is 1. The van der Waals surface area contributed by atoms with Crippen LogP contribution >= 0.6 is 0 Å². The van der Waals surface area contributed by atoms with Crippen molar-refractivity contribution in [3.05, 3.63) is 39.4 Å². The van der Waals surface area contributed by atoms with Gasteiger partial charge in [0.1, 0.15) is 5.60 Å². The van der Waals surface area contributed by atoms with E-state index in [4.69, 9.17) is 14.6 Å². The maximum absolute atomic E-state index is 12.2. The molecule has 1 aromatic carbocycles. The van der Waals surface area contributed by atoms with Gasteiger partial charge < -0.3 is 14.6 Å². The second-order valence-electron chi connectivity index (χ2n) is 7.12. The molecule has 0 aliphatic carbocycles. The van der Waals surface area contributed by atoms with Gasteiger partial charge in [0.05, 0.1) is 34.9 Å². The van der Waals surface area contributed by atoms with Gasteiger partial charge in [0.15, 0.2) is 0 Å². The first-order chi connectivity index (χ1) is 10.9. The predicted molar refractivity (Wildman–Crippen MR) is 88.8 cm³/mol. The lowest BCUT2D eigenvalue weighted by Gasteiger charge is -2.27. The number of aliphatic hydroxyl groups excluding tert-OH is 1. The van der Waals surface area contributed by atoms with E-state index in [9.17, 15) is 14.9 Å². The van der Waals surface area contributed by atoms with E-state index in [0.29, 0.717) is 13.0 Å². The van der Waals surface area contributed by atoms with Crippen LogP contribution < -0.4 is 0 Å². The van der Waals surface area contributed by atoms with Crippen LogP contribution in [0.5, 0.6) is 0 Å². The molecule has 0 spiro atoms. The quantitative estimate of drug-likeness (QED) is 0.465. The van der Waals surface area contributed by atoms with E-state index in [2.05, 4.69) is 0 Å². The molecule has 0 aromatic heterocycles. The zero-order chi connectivity index (χ0) is 18.5. The molecule has 7 nitrogen and oxygen atoms in total. The second-order valence-corrected chi connectivity index (χ2v) is 7.12. The highest BCUT2D eigenvalue weighted by molar-refractivity contribution is 5.90. The molecule has 24 heavy (non-hydrogen) atoms. The maximum atomic E-state index is 12.2. The van der Waals surface area contributed by atoms with Crippen molar-refractivity contribution in [1.29, 1.82) is 0 Å². The number of carbonyl (C=O) groups excluding carboxylic acids is 1. The maximum Gasteiger partial charge on any atom is 0.338 e. The first kappa shape index (κ1) is 20.1. The van der Waals surface area contributed by atoms with E-state index in [1.807, 2.05) is 20.8 Å². The molecular formula is C17H25NO6. The first-order valence-electron chi connectivity index (χ1n) is 7.71. The Morgan fingerprint density at radius 1 is 1.25 bits per heavy atom. The highest BCUT2D eigenvalue weighted by Crippen LogP contribution is 2.23. The van der Waals surface area contributed by atoms with Crippen LogP contribution in [-0.4, -0.2) is 33.8 Å². The number of hydrogen-bond acceptors (Lipinski definition) is 6. The van der Waals surface area contributed by atoms with Gasteiger partial charge in [0, 0.05) is 12.5 Å². The van der Waals surface area contributed by atoms with Gasteiger partial charge in [0.25, 0.3) is 5.69 Å². The van der Waals surface area contributed by atoms with Gasteiger partial charge in [-0.25, -0.2) is 4.79 Å². The molecule has 7 heteroatoms. The minimum atomic E-state index is -0.771. The summed E-state index contributed by atoms with van der Waals surface area (Å²) >= 11 is 0. The number of rotatable bonds is 7. The van der Waals surface area contributed by atoms with Crippen molar-refractivity contribution in [2.45, 2.75) is 58.8 Å². The van der Waals surface area contributed by atoms with Crippen LogP contribution in [0.25, 0.3) is 0 Å². The van der Waals surface area contributed by atoms with Crippen LogP contribution in [0.3, 0.4) is 0 Å². The summed E-state index contributed by atoms with van der Waals surface area (Å²) in [5.41, 5.74) is -1.13. The summed E-state index contributed by atoms with van der Waals surface area (Å²) in [7, 11) is 0. The number of ether oxygens (including phenoxy) is 2. The summed E-state index contributed by atoms with van der Waals surface area (Å²) in [5, 5.41) is 20.1. The molecule has 0 heterocycles. The number of nitro groups is 1. The van der Waals surface area contributed by atoms with Gasteiger partial charge in [-0.2, -0.15) is 0 Å². The van der Waals surface area contributed by atoms with E-state index in [-0.39, 0.29) is 22.4 Å². The molecule has 0 saturated heterocycles. The van der Waals surface area contributed by atoms with Crippen molar-refractivity contribution in [3.8, 4) is 0 Å². The summed E-state index contributed by atoms with van der Waals surface area (Å²) < 4.78 is 11.1. The molecule has 0 radical (unpaired) electrons. The fourth-order valence-corrected chi connectivity index (χ4v) is 1.96. The number of hydrogen-bond donors (Lipinski definition) is 1. The number of benzene rings is 1. The standard InChI is InChI=1S/C17H25NO6/c1-16(2,3)23-9-8-17(4,5)24-15(20)12-6-7-13(11-19)14(10-12)18(21)22/h6-7,10,19H,8-9,11H2,1-5H3. The van der Waals surface area contributed by atoms with Crippen LogP contribution in [0, 0.1) is 10.1 Å². The summed E-state index contributed by atoms with van der Waals surface area (Å²) in [4.78, 5) is 22.6. The summed E-state index contributed by atoms with van der Waals surface area (Å²) in [6.07, 6.45) is 0.493. The summed E-state index contributed by atoms with van der Waals surface area (Å²) in [6, 6.07) is 3.88. The Hall–Kier alpha value is -1.99. The number of nitro benzene ring substituents is 1. The van der Waals surface area contributed by atoms with Crippen LogP contribution in [0.1, 0.15) is 57.0 Å². The Morgan fingerprint density at radius 3 is 2.38 bits per heavy atom. The number of aliphatic hydroxyl groups is 1. The van der Waals surface area contributed by atoms with Gasteiger partial charge in [-0.1, -0.05) is 0 Å². The van der Waals surface area contributed by atoms with Gasteiger partial charge in [-0.05, 0) is 46.8 Å². The van der Waals surface area contributed by atoms with E-state index in [0.717, 1.165) is 6.07 Å². The van der Waals surface area contributed by atoms with Gasteiger partial charge in [-0.3, -0.25) is 10.1 Å². The Labute approximate surface area is 141 Å². The first-order valence-corrected chi connectivity index (χ1v) is 7.71. The van der Waals surface area contributed by atoms with E-state index in [1.165, 1.54) is 12.1 Å². The molecule has 1 N–H and O–H groups in total. The average molecular weight is 339 g/mol. The third-order valence-corrected chi connectivity index (χ3v) is 3.30. The van der Waals surface area contributed by atoms with Crippen LogP contribution in [0.15, 0.2) is 18.2 Å². The lowest BCUT2D eigenvalue weighted by Crippen LogP contribution is -2.31. The molecule has 134 valence electrons. The zero-order valence-electron chi connectivity index (χ0n) is 14.8. The van der Waals surface area contributed by atoms with Crippen molar-refractivity contribution in [2.75, 3.05) is 6.61 Å². The van der Waals surface area contributed by atoms with Gasteiger partial charge in [-0.15, -0.1) is 0 Å². The third-order valence-electron chi connectivity index (χ3n) is 3.30. The van der Waals surface area contributed by atoms with Crippen LogP contribution in [-0.2, 0) is 16.1 Å². The topological polar surface area (TPSA) is 98.9 Å². The van der Waals surface area contributed by atoms with Gasteiger partial charge in [0.2, 0.25) is 0 Å². The third kappa shape index (κ3) is 6.25. The minimum absolute atomic E-state index is 0.0729. The molecule has 0 aliphatic heterocycles. The normalized spacial score (nSPS) is 12.1. The van der Waals surface area contributed by atoms with Crippen LogP contribution in [0.2, 0.25) is 0 Å². The molecule has 0 unspecified atom stereocenters. The smallest absolute Gasteiger partial charge is 0.338 e. The number of nitrogens with zero attached hydrogens (tertiary/aromatic N) is 1. The fraction of sp³-hybridized carbons (Fsp3) is 0.588. The average Bonchev–Trinajstić information content (AvgIpc) is 2.44.